The first-order valence-corrected chi connectivity index (χ1v) is 6.00. The molecular formula is C13H21N3. The number of hydrogen-bond donors (Lipinski definition) is 1. The number of rotatable bonds is 2. The normalized spacial score (nSPS) is 21.1. The van der Waals surface area contributed by atoms with Crippen LogP contribution < -0.4 is 10.6 Å². The average molecular weight is 219 g/mol. The smallest absolute Gasteiger partial charge is 0.129 e. The van der Waals surface area contributed by atoms with Crippen molar-refractivity contribution in [2.24, 2.45) is 5.73 Å². The molecule has 16 heavy (non-hydrogen) atoms. The summed E-state index contributed by atoms with van der Waals surface area (Å²) < 4.78 is 0. The van der Waals surface area contributed by atoms with Crippen molar-refractivity contribution < 1.29 is 0 Å². The standard InChI is InChI=1S/C13H21N3/c1-10(14)11-5-7-15-12(9-11)16-8-4-6-13(16,2)3/h5,7,9-10H,4,6,8,14H2,1-3H3. The van der Waals surface area contributed by atoms with E-state index in [4.69, 9.17) is 5.73 Å². The lowest BCUT2D eigenvalue weighted by atomic mass is 10.0. The van der Waals surface area contributed by atoms with Gasteiger partial charge in [-0.2, -0.15) is 0 Å². The van der Waals surface area contributed by atoms with Gasteiger partial charge in [0, 0.05) is 24.3 Å². The molecule has 1 saturated heterocycles. The molecular weight excluding hydrogens is 198 g/mol. The Morgan fingerprint density at radius 3 is 2.81 bits per heavy atom. The van der Waals surface area contributed by atoms with Gasteiger partial charge in [-0.05, 0) is 51.3 Å². The van der Waals surface area contributed by atoms with E-state index in [0.29, 0.717) is 0 Å². The maximum atomic E-state index is 5.90. The number of nitrogens with zero attached hydrogens (tertiary/aromatic N) is 2. The van der Waals surface area contributed by atoms with Crippen LogP contribution in [0.4, 0.5) is 5.82 Å². The van der Waals surface area contributed by atoms with Crippen molar-refractivity contribution in [2.45, 2.75) is 45.2 Å². The molecule has 0 aliphatic carbocycles. The lowest BCUT2D eigenvalue weighted by Gasteiger charge is -2.33. The largest absolute Gasteiger partial charge is 0.351 e. The molecule has 1 aliphatic heterocycles. The molecule has 2 heterocycles. The summed E-state index contributed by atoms with van der Waals surface area (Å²) in [5.74, 6) is 1.07. The molecule has 1 unspecified atom stereocenters. The van der Waals surface area contributed by atoms with Gasteiger partial charge in [0.15, 0.2) is 0 Å². The molecule has 1 aromatic heterocycles. The van der Waals surface area contributed by atoms with E-state index in [-0.39, 0.29) is 11.6 Å². The second-order valence-electron chi connectivity index (χ2n) is 5.30. The van der Waals surface area contributed by atoms with Crippen molar-refractivity contribution >= 4 is 5.82 Å². The average Bonchev–Trinajstić information content (AvgIpc) is 2.58. The van der Waals surface area contributed by atoms with Crippen LogP contribution in [0, 0.1) is 0 Å². The van der Waals surface area contributed by atoms with E-state index >= 15 is 0 Å². The van der Waals surface area contributed by atoms with Crippen LogP contribution >= 0.6 is 0 Å². The number of hydrogen-bond acceptors (Lipinski definition) is 3. The lowest BCUT2D eigenvalue weighted by Crippen LogP contribution is -2.38. The zero-order valence-electron chi connectivity index (χ0n) is 10.4. The van der Waals surface area contributed by atoms with Gasteiger partial charge in [0.05, 0.1) is 0 Å². The monoisotopic (exact) mass is 219 g/mol. The summed E-state index contributed by atoms with van der Waals surface area (Å²) in [7, 11) is 0. The molecule has 0 bridgehead atoms. The first-order valence-electron chi connectivity index (χ1n) is 6.00. The Balaban J connectivity index is 2.30. The minimum Gasteiger partial charge on any atom is -0.351 e. The molecule has 1 aromatic rings. The Bertz CT molecular complexity index is 371. The van der Waals surface area contributed by atoms with Crippen LogP contribution in [0.1, 0.15) is 45.2 Å². The van der Waals surface area contributed by atoms with Crippen molar-refractivity contribution in [3.63, 3.8) is 0 Å². The van der Waals surface area contributed by atoms with Gasteiger partial charge >= 0.3 is 0 Å². The Morgan fingerprint density at radius 2 is 2.25 bits per heavy atom. The van der Waals surface area contributed by atoms with Crippen LogP contribution in [0.25, 0.3) is 0 Å². The Kier molecular flexibility index (Phi) is 2.89. The van der Waals surface area contributed by atoms with E-state index < -0.39 is 0 Å². The van der Waals surface area contributed by atoms with E-state index in [0.717, 1.165) is 17.9 Å². The molecule has 3 heteroatoms. The molecule has 0 saturated carbocycles. The summed E-state index contributed by atoms with van der Waals surface area (Å²) in [6.07, 6.45) is 4.34. The van der Waals surface area contributed by atoms with Crippen molar-refractivity contribution in [1.29, 1.82) is 0 Å². The van der Waals surface area contributed by atoms with Crippen molar-refractivity contribution in [1.82, 2.24) is 4.98 Å². The first kappa shape index (κ1) is 11.4. The van der Waals surface area contributed by atoms with Gasteiger partial charge in [0.1, 0.15) is 5.82 Å². The number of pyridine rings is 1. The molecule has 2 N–H and O–H groups in total. The van der Waals surface area contributed by atoms with Gasteiger partial charge in [0.25, 0.3) is 0 Å². The second-order valence-corrected chi connectivity index (χ2v) is 5.30. The summed E-state index contributed by atoms with van der Waals surface area (Å²) in [5, 5.41) is 0. The van der Waals surface area contributed by atoms with Crippen LogP contribution in [-0.4, -0.2) is 17.1 Å². The molecule has 1 atom stereocenters. The van der Waals surface area contributed by atoms with E-state index in [1.165, 1.54) is 12.8 Å². The third kappa shape index (κ3) is 2.05. The summed E-state index contributed by atoms with van der Waals surface area (Å²) in [6, 6.07) is 4.20. The van der Waals surface area contributed by atoms with Gasteiger partial charge < -0.3 is 10.6 Å². The summed E-state index contributed by atoms with van der Waals surface area (Å²) in [4.78, 5) is 6.86. The van der Waals surface area contributed by atoms with Crippen molar-refractivity contribution in [2.75, 3.05) is 11.4 Å². The molecule has 88 valence electrons. The topological polar surface area (TPSA) is 42.1 Å². The van der Waals surface area contributed by atoms with Crippen molar-refractivity contribution in [3.8, 4) is 0 Å². The third-order valence-electron chi connectivity index (χ3n) is 3.47. The highest BCUT2D eigenvalue weighted by atomic mass is 15.3. The molecule has 3 nitrogen and oxygen atoms in total. The molecule has 0 amide bonds. The van der Waals surface area contributed by atoms with Crippen LogP contribution in [0.3, 0.4) is 0 Å². The second kappa shape index (κ2) is 4.06. The SMILES string of the molecule is CC(N)c1ccnc(N2CCCC2(C)C)c1. The molecule has 1 fully saturated rings. The highest BCUT2D eigenvalue weighted by molar-refractivity contribution is 5.45. The first-order chi connectivity index (χ1) is 7.50. The molecule has 2 rings (SSSR count). The summed E-state index contributed by atoms with van der Waals surface area (Å²) in [6.45, 7) is 7.66. The van der Waals surface area contributed by atoms with Crippen LogP contribution in [0.2, 0.25) is 0 Å². The lowest BCUT2D eigenvalue weighted by molar-refractivity contribution is 0.514. The maximum absolute atomic E-state index is 5.90. The Hall–Kier alpha value is -1.09. The highest BCUT2D eigenvalue weighted by Gasteiger charge is 2.32. The van der Waals surface area contributed by atoms with Gasteiger partial charge in [-0.15, -0.1) is 0 Å². The van der Waals surface area contributed by atoms with Gasteiger partial charge in [-0.25, -0.2) is 4.98 Å². The van der Waals surface area contributed by atoms with E-state index in [1.54, 1.807) is 0 Å². The minimum absolute atomic E-state index is 0.0764. The zero-order valence-corrected chi connectivity index (χ0v) is 10.4. The van der Waals surface area contributed by atoms with E-state index in [1.807, 2.05) is 19.2 Å². The summed E-state index contributed by atoms with van der Waals surface area (Å²) >= 11 is 0. The predicted molar refractivity (Wildman–Crippen MR) is 67.5 cm³/mol. The maximum Gasteiger partial charge on any atom is 0.129 e. The number of nitrogens with two attached hydrogens (primary N) is 1. The van der Waals surface area contributed by atoms with Crippen LogP contribution in [0.5, 0.6) is 0 Å². The number of aromatic nitrogens is 1. The van der Waals surface area contributed by atoms with Crippen LogP contribution in [0.15, 0.2) is 18.3 Å². The highest BCUT2D eigenvalue weighted by Crippen LogP contribution is 2.32. The predicted octanol–water partition coefficient (Wildman–Crippen LogP) is 2.48. The molecule has 0 spiro atoms. The number of anilines is 1. The molecule has 0 aromatic carbocycles. The fourth-order valence-electron chi connectivity index (χ4n) is 2.40. The summed E-state index contributed by atoms with van der Waals surface area (Å²) in [5.41, 5.74) is 7.29. The fraction of sp³-hybridized carbons (Fsp3) is 0.615. The van der Waals surface area contributed by atoms with Gasteiger partial charge in [0.2, 0.25) is 0 Å². The Labute approximate surface area is 97.7 Å². The molecule has 1 aliphatic rings. The van der Waals surface area contributed by atoms with E-state index in [2.05, 4.69) is 29.8 Å². The fourth-order valence-corrected chi connectivity index (χ4v) is 2.40. The van der Waals surface area contributed by atoms with Crippen molar-refractivity contribution in [3.05, 3.63) is 23.9 Å². The van der Waals surface area contributed by atoms with E-state index in [9.17, 15) is 0 Å². The zero-order chi connectivity index (χ0) is 11.8. The quantitative estimate of drug-likeness (QED) is 0.831. The van der Waals surface area contributed by atoms with Crippen LogP contribution in [-0.2, 0) is 0 Å². The van der Waals surface area contributed by atoms with Gasteiger partial charge in [-0.3, -0.25) is 0 Å². The molecule has 0 radical (unpaired) electrons. The Morgan fingerprint density at radius 1 is 1.50 bits per heavy atom. The minimum atomic E-state index is 0.0764. The van der Waals surface area contributed by atoms with Gasteiger partial charge in [-0.1, -0.05) is 0 Å². The third-order valence-corrected chi connectivity index (χ3v) is 3.47.